The average molecular weight is 795 g/mol. The highest BCUT2D eigenvalue weighted by Crippen LogP contribution is 2.59. The molecule has 11 aromatic rings. The summed E-state index contributed by atoms with van der Waals surface area (Å²) < 4.78 is 4.78. The third-order valence-corrected chi connectivity index (χ3v) is 14.1. The van der Waals surface area contributed by atoms with Crippen LogP contribution < -0.4 is 0 Å². The maximum absolute atomic E-state index is 5.25. The second kappa shape index (κ2) is 12.5. The first kappa shape index (κ1) is 35.2. The Morgan fingerprint density at radius 1 is 0.355 bits per heavy atom. The number of benzene rings is 9. The van der Waals surface area contributed by atoms with Crippen molar-refractivity contribution >= 4 is 43.6 Å². The molecular weight excluding hydrogens is 753 g/mol. The first-order valence-electron chi connectivity index (χ1n) is 21.7. The maximum atomic E-state index is 5.25. The van der Waals surface area contributed by atoms with Crippen LogP contribution in [0, 0.1) is 0 Å². The Morgan fingerprint density at radius 3 is 1.13 bits per heavy atom. The molecule has 4 heteroatoms. The first-order chi connectivity index (χ1) is 30.3. The SMILES string of the molecule is CC1(C)c2cc3c(cc2-c2c1cc(-n1c(-c4ccccc4)nc4ccccc41)c1ccccc21)C(C)(C)c1cc(-n2c(-c4ccccc4)nc4ccccc42)c2ccccc2c1-3. The van der Waals surface area contributed by atoms with Gasteiger partial charge in [-0.1, -0.05) is 161 Å². The minimum Gasteiger partial charge on any atom is -0.292 e. The normalized spacial score (nSPS) is 14.4. The van der Waals surface area contributed by atoms with E-state index in [9.17, 15) is 0 Å². The number of fused-ring (bicyclic) bond motifs is 12. The van der Waals surface area contributed by atoms with Crippen molar-refractivity contribution in [3.8, 4) is 56.4 Å². The molecule has 13 rings (SSSR count). The van der Waals surface area contributed by atoms with Crippen LogP contribution in [0.2, 0.25) is 0 Å². The predicted octanol–water partition coefficient (Wildman–Crippen LogP) is 14.6. The summed E-state index contributed by atoms with van der Waals surface area (Å²) in [6.45, 7) is 9.68. The molecule has 62 heavy (non-hydrogen) atoms. The van der Waals surface area contributed by atoms with Gasteiger partial charge in [0, 0.05) is 32.7 Å². The van der Waals surface area contributed by atoms with Crippen molar-refractivity contribution in [2.45, 2.75) is 38.5 Å². The number of aromatic nitrogens is 4. The number of nitrogens with zero attached hydrogens (tertiary/aromatic N) is 4. The molecule has 0 amide bonds. The van der Waals surface area contributed by atoms with Crippen LogP contribution in [-0.4, -0.2) is 19.1 Å². The zero-order chi connectivity index (χ0) is 41.5. The molecule has 0 saturated heterocycles. The Balaban J connectivity index is 1.05. The van der Waals surface area contributed by atoms with E-state index in [1.807, 2.05) is 0 Å². The van der Waals surface area contributed by atoms with Crippen LogP contribution in [-0.2, 0) is 10.8 Å². The summed E-state index contributed by atoms with van der Waals surface area (Å²) in [5.41, 5.74) is 18.9. The lowest BCUT2D eigenvalue weighted by Crippen LogP contribution is -2.17. The van der Waals surface area contributed by atoms with Gasteiger partial charge < -0.3 is 0 Å². The summed E-state index contributed by atoms with van der Waals surface area (Å²) in [4.78, 5) is 10.5. The molecule has 0 spiro atoms. The molecule has 0 N–H and O–H groups in total. The highest BCUT2D eigenvalue weighted by atomic mass is 15.1. The zero-order valence-corrected chi connectivity index (χ0v) is 35.1. The van der Waals surface area contributed by atoms with Crippen molar-refractivity contribution in [1.29, 1.82) is 0 Å². The fourth-order valence-corrected chi connectivity index (χ4v) is 11.1. The van der Waals surface area contributed by atoms with E-state index in [0.29, 0.717) is 0 Å². The standard InChI is InChI=1S/C58H42N4/c1-57(2)43-31-42-44(32-41(43)53-39-25-13-11-23-37(39)51(33-45(53)57)61-49-29-17-15-27-47(49)59-55(61)35-19-7-5-8-20-35)58(3,4)46-34-52(38-24-12-14-26-40(38)54(42)46)62-50-30-18-16-28-48(50)60-56(62)36-21-9-6-10-22-36/h5-34H,1-4H3. The van der Waals surface area contributed by atoms with Gasteiger partial charge in [0.05, 0.1) is 33.4 Å². The third-order valence-electron chi connectivity index (χ3n) is 14.1. The van der Waals surface area contributed by atoms with Crippen LogP contribution in [0.3, 0.4) is 0 Å². The van der Waals surface area contributed by atoms with Crippen LogP contribution in [0.1, 0.15) is 49.9 Å². The quantitative estimate of drug-likeness (QED) is 0.178. The lowest BCUT2D eigenvalue weighted by molar-refractivity contribution is 0.652. The largest absolute Gasteiger partial charge is 0.292 e. The smallest absolute Gasteiger partial charge is 0.145 e. The minimum atomic E-state index is -0.273. The first-order valence-corrected chi connectivity index (χ1v) is 21.7. The van der Waals surface area contributed by atoms with E-state index in [4.69, 9.17) is 9.97 Å². The fraction of sp³-hybridized carbons (Fsp3) is 0.103. The van der Waals surface area contributed by atoms with Gasteiger partial charge in [-0.25, -0.2) is 9.97 Å². The maximum Gasteiger partial charge on any atom is 0.145 e. The second-order valence-corrected chi connectivity index (χ2v) is 18.2. The van der Waals surface area contributed by atoms with Gasteiger partial charge >= 0.3 is 0 Å². The summed E-state index contributed by atoms with van der Waals surface area (Å²) in [5, 5.41) is 4.97. The summed E-state index contributed by atoms with van der Waals surface area (Å²) in [6.07, 6.45) is 0. The van der Waals surface area contributed by atoms with E-state index in [0.717, 1.165) is 56.2 Å². The van der Waals surface area contributed by atoms with Gasteiger partial charge in [-0.3, -0.25) is 9.13 Å². The van der Waals surface area contributed by atoms with Crippen LogP contribution in [0.4, 0.5) is 0 Å². The fourth-order valence-electron chi connectivity index (χ4n) is 11.1. The van der Waals surface area contributed by atoms with Crippen molar-refractivity contribution < 1.29 is 0 Å². The molecule has 2 aromatic heterocycles. The van der Waals surface area contributed by atoms with Crippen LogP contribution >= 0.6 is 0 Å². The Morgan fingerprint density at radius 2 is 0.710 bits per heavy atom. The Bertz CT molecular complexity index is 3430. The molecule has 0 atom stereocenters. The Hall–Kier alpha value is -7.56. The van der Waals surface area contributed by atoms with E-state index in [2.05, 4.69) is 219 Å². The van der Waals surface area contributed by atoms with Gasteiger partial charge in [-0.2, -0.15) is 0 Å². The Kier molecular flexibility index (Phi) is 7.10. The summed E-state index contributed by atoms with van der Waals surface area (Å²) in [6, 6.07) is 66.4. The van der Waals surface area contributed by atoms with Crippen LogP contribution in [0.15, 0.2) is 182 Å². The molecule has 2 aliphatic rings. The highest BCUT2D eigenvalue weighted by molar-refractivity contribution is 6.11. The third kappa shape index (κ3) is 4.67. The van der Waals surface area contributed by atoms with Crippen molar-refractivity contribution in [2.75, 3.05) is 0 Å². The molecule has 4 nitrogen and oxygen atoms in total. The molecule has 0 saturated carbocycles. The molecule has 2 heterocycles. The summed E-state index contributed by atoms with van der Waals surface area (Å²) in [7, 11) is 0. The lowest BCUT2D eigenvalue weighted by atomic mass is 9.79. The van der Waals surface area contributed by atoms with E-state index >= 15 is 0 Å². The highest BCUT2D eigenvalue weighted by Gasteiger charge is 2.44. The number of rotatable bonds is 4. The van der Waals surface area contributed by atoms with E-state index in [1.54, 1.807) is 0 Å². The van der Waals surface area contributed by atoms with Crippen molar-refractivity contribution in [3.05, 3.63) is 204 Å². The zero-order valence-electron chi connectivity index (χ0n) is 35.1. The van der Waals surface area contributed by atoms with Crippen molar-refractivity contribution in [3.63, 3.8) is 0 Å². The number of imidazole rings is 2. The topological polar surface area (TPSA) is 35.6 Å². The van der Waals surface area contributed by atoms with Crippen LogP contribution in [0.5, 0.6) is 0 Å². The molecule has 9 aromatic carbocycles. The van der Waals surface area contributed by atoms with Gasteiger partial charge in [0.2, 0.25) is 0 Å². The van der Waals surface area contributed by atoms with Crippen LogP contribution in [0.25, 0.3) is 100 Å². The molecular formula is C58H42N4. The molecule has 0 bridgehead atoms. The number of hydrogen-bond donors (Lipinski definition) is 0. The lowest BCUT2D eigenvalue weighted by Gasteiger charge is -2.25. The van der Waals surface area contributed by atoms with Gasteiger partial charge in [-0.15, -0.1) is 0 Å². The summed E-state index contributed by atoms with van der Waals surface area (Å²) in [5.74, 6) is 1.90. The van der Waals surface area contributed by atoms with Gasteiger partial charge in [0.1, 0.15) is 11.6 Å². The second-order valence-electron chi connectivity index (χ2n) is 18.2. The van der Waals surface area contributed by atoms with Gasteiger partial charge in [0.25, 0.3) is 0 Å². The summed E-state index contributed by atoms with van der Waals surface area (Å²) >= 11 is 0. The van der Waals surface area contributed by atoms with Gasteiger partial charge in [-0.05, 0) is 104 Å². The number of hydrogen-bond acceptors (Lipinski definition) is 2. The van der Waals surface area contributed by atoms with Crippen molar-refractivity contribution in [1.82, 2.24) is 19.1 Å². The Labute approximate surface area is 360 Å². The van der Waals surface area contributed by atoms with Gasteiger partial charge in [0.15, 0.2) is 0 Å². The predicted molar refractivity (Wildman–Crippen MR) is 257 cm³/mol. The molecule has 0 aliphatic heterocycles. The molecule has 2 aliphatic carbocycles. The number of para-hydroxylation sites is 4. The van der Waals surface area contributed by atoms with E-state index < -0.39 is 0 Å². The van der Waals surface area contributed by atoms with E-state index in [1.165, 1.54) is 66.1 Å². The average Bonchev–Trinajstić information content (AvgIpc) is 4.01. The molecule has 294 valence electrons. The molecule has 0 radical (unpaired) electrons. The molecule has 0 fully saturated rings. The van der Waals surface area contributed by atoms with Crippen molar-refractivity contribution in [2.24, 2.45) is 0 Å². The monoisotopic (exact) mass is 794 g/mol. The minimum absolute atomic E-state index is 0.273. The molecule has 0 unspecified atom stereocenters. The van der Waals surface area contributed by atoms with E-state index in [-0.39, 0.29) is 10.8 Å².